The third-order valence-electron chi connectivity index (χ3n) is 3.36. The number of hydrogen-bond donors (Lipinski definition) is 2. The van der Waals surface area contributed by atoms with Gasteiger partial charge in [-0.25, -0.2) is 4.98 Å². The number of nitrogens with one attached hydrogen (secondary N) is 1. The minimum atomic E-state index is 0.0687. The van der Waals surface area contributed by atoms with Crippen LogP contribution in [0.4, 0.5) is 5.69 Å². The first-order chi connectivity index (χ1) is 8.99. The van der Waals surface area contributed by atoms with E-state index in [1.807, 2.05) is 23.7 Å². The summed E-state index contributed by atoms with van der Waals surface area (Å²) in [4.78, 5) is 4.34. The molecule has 0 fully saturated rings. The second kappa shape index (κ2) is 5.72. The molecule has 19 heavy (non-hydrogen) atoms. The Morgan fingerprint density at radius 2 is 2.00 bits per heavy atom. The molecule has 0 amide bonds. The molecule has 0 radical (unpaired) electrons. The van der Waals surface area contributed by atoms with Crippen LogP contribution in [0.15, 0.2) is 35.8 Å². The van der Waals surface area contributed by atoms with Crippen LogP contribution in [0.5, 0.6) is 0 Å². The summed E-state index contributed by atoms with van der Waals surface area (Å²) in [5, 5.41) is 6.70. The zero-order valence-corrected chi connectivity index (χ0v) is 12.5. The van der Waals surface area contributed by atoms with E-state index >= 15 is 0 Å². The molecule has 0 bridgehead atoms. The minimum Gasteiger partial charge on any atom is -0.399 e. The van der Waals surface area contributed by atoms with Crippen LogP contribution in [-0.2, 0) is 5.41 Å². The van der Waals surface area contributed by atoms with E-state index in [9.17, 15) is 0 Å². The van der Waals surface area contributed by atoms with Crippen LogP contribution in [0.3, 0.4) is 0 Å². The van der Waals surface area contributed by atoms with Gasteiger partial charge >= 0.3 is 0 Å². The zero-order chi connectivity index (χ0) is 13.9. The first kappa shape index (κ1) is 14.0. The Morgan fingerprint density at radius 1 is 1.32 bits per heavy atom. The molecule has 1 heterocycles. The topological polar surface area (TPSA) is 50.9 Å². The SMILES string of the molecule is CC(NCC(C)(C)c1ccc(N)cc1)c1nccs1. The molecule has 0 aliphatic heterocycles. The van der Waals surface area contributed by atoms with Crippen molar-refractivity contribution in [2.75, 3.05) is 12.3 Å². The number of thiazole rings is 1. The van der Waals surface area contributed by atoms with Gasteiger partial charge in [0.2, 0.25) is 0 Å². The number of anilines is 1. The van der Waals surface area contributed by atoms with Crippen molar-refractivity contribution in [1.82, 2.24) is 10.3 Å². The standard InChI is InChI=1S/C15H21N3S/c1-11(14-17-8-9-19-14)18-10-15(2,3)12-4-6-13(16)7-5-12/h4-9,11,18H,10,16H2,1-3H3. The highest BCUT2D eigenvalue weighted by atomic mass is 32.1. The van der Waals surface area contributed by atoms with Crippen molar-refractivity contribution in [3.63, 3.8) is 0 Å². The summed E-state index contributed by atoms with van der Waals surface area (Å²) in [6.45, 7) is 7.52. The van der Waals surface area contributed by atoms with Crippen LogP contribution in [0, 0.1) is 0 Å². The lowest BCUT2D eigenvalue weighted by atomic mass is 9.84. The summed E-state index contributed by atoms with van der Waals surface area (Å²) < 4.78 is 0. The normalized spacial score (nSPS) is 13.4. The molecule has 1 aromatic carbocycles. The van der Waals surface area contributed by atoms with Gasteiger partial charge in [-0.2, -0.15) is 0 Å². The molecule has 1 atom stereocenters. The highest BCUT2D eigenvalue weighted by molar-refractivity contribution is 7.09. The van der Waals surface area contributed by atoms with Gasteiger partial charge in [0.05, 0.1) is 6.04 Å². The Morgan fingerprint density at radius 3 is 2.58 bits per heavy atom. The number of nitrogens with two attached hydrogens (primary N) is 1. The van der Waals surface area contributed by atoms with Crippen molar-refractivity contribution in [1.29, 1.82) is 0 Å². The molecule has 2 aromatic rings. The Hall–Kier alpha value is -1.39. The van der Waals surface area contributed by atoms with Gasteiger partial charge in [0, 0.05) is 29.2 Å². The zero-order valence-electron chi connectivity index (χ0n) is 11.7. The van der Waals surface area contributed by atoms with E-state index in [-0.39, 0.29) is 11.5 Å². The molecule has 1 unspecified atom stereocenters. The lowest BCUT2D eigenvalue weighted by molar-refractivity contribution is 0.435. The molecule has 102 valence electrons. The summed E-state index contributed by atoms with van der Waals surface area (Å²) in [5.74, 6) is 0. The molecule has 0 saturated carbocycles. The highest BCUT2D eigenvalue weighted by Gasteiger charge is 2.21. The molecule has 4 heteroatoms. The van der Waals surface area contributed by atoms with Crippen molar-refractivity contribution >= 4 is 17.0 Å². The number of nitrogens with zero attached hydrogens (tertiary/aromatic N) is 1. The minimum absolute atomic E-state index is 0.0687. The summed E-state index contributed by atoms with van der Waals surface area (Å²) in [6.07, 6.45) is 1.85. The summed E-state index contributed by atoms with van der Waals surface area (Å²) in [7, 11) is 0. The van der Waals surface area contributed by atoms with Crippen molar-refractivity contribution in [3.8, 4) is 0 Å². The van der Waals surface area contributed by atoms with Gasteiger partial charge < -0.3 is 11.1 Å². The number of rotatable bonds is 5. The molecule has 0 spiro atoms. The van der Waals surface area contributed by atoms with E-state index in [2.05, 4.69) is 43.2 Å². The molecule has 0 saturated heterocycles. The molecular formula is C15H21N3S. The number of benzene rings is 1. The maximum atomic E-state index is 5.73. The van der Waals surface area contributed by atoms with Gasteiger partial charge in [0.25, 0.3) is 0 Å². The number of hydrogen-bond acceptors (Lipinski definition) is 4. The average molecular weight is 275 g/mol. The fourth-order valence-electron chi connectivity index (χ4n) is 1.98. The molecule has 3 nitrogen and oxygen atoms in total. The van der Waals surface area contributed by atoms with Crippen LogP contribution in [0.1, 0.15) is 37.4 Å². The molecular weight excluding hydrogens is 254 g/mol. The molecule has 2 rings (SSSR count). The van der Waals surface area contributed by atoms with Gasteiger partial charge in [-0.3, -0.25) is 0 Å². The number of aromatic nitrogens is 1. The molecule has 3 N–H and O–H groups in total. The second-order valence-electron chi connectivity index (χ2n) is 5.48. The van der Waals surface area contributed by atoms with Gasteiger partial charge in [0.15, 0.2) is 0 Å². The van der Waals surface area contributed by atoms with Crippen LogP contribution in [0.2, 0.25) is 0 Å². The quantitative estimate of drug-likeness (QED) is 0.823. The molecule has 0 aliphatic carbocycles. The van der Waals surface area contributed by atoms with E-state index in [1.165, 1.54) is 5.56 Å². The summed E-state index contributed by atoms with van der Waals surface area (Å²) in [5.41, 5.74) is 7.90. The van der Waals surface area contributed by atoms with E-state index in [1.54, 1.807) is 11.3 Å². The maximum absolute atomic E-state index is 5.73. The Kier molecular flexibility index (Phi) is 4.22. The monoisotopic (exact) mass is 275 g/mol. The van der Waals surface area contributed by atoms with E-state index in [0.717, 1.165) is 17.2 Å². The third-order valence-corrected chi connectivity index (χ3v) is 4.32. The van der Waals surface area contributed by atoms with E-state index in [4.69, 9.17) is 5.73 Å². The molecule has 0 aliphatic rings. The first-order valence-electron chi connectivity index (χ1n) is 6.48. The Balaban J connectivity index is 1.99. The van der Waals surface area contributed by atoms with Gasteiger partial charge in [-0.05, 0) is 24.6 Å². The van der Waals surface area contributed by atoms with Gasteiger partial charge in [-0.15, -0.1) is 11.3 Å². The van der Waals surface area contributed by atoms with Crippen LogP contribution in [-0.4, -0.2) is 11.5 Å². The second-order valence-corrected chi connectivity index (χ2v) is 6.40. The van der Waals surface area contributed by atoms with E-state index in [0.29, 0.717) is 0 Å². The van der Waals surface area contributed by atoms with Crippen molar-refractivity contribution < 1.29 is 0 Å². The van der Waals surface area contributed by atoms with Crippen LogP contribution in [0.25, 0.3) is 0 Å². The maximum Gasteiger partial charge on any atom is 0.109 e. The Bertz CT molecular complexity index is 503. The predicted octanol–water partition coefficient (Wildman–Crippen LogP) is 3.35. The molecule has 1 aromatic heterocycles. The largest absolute Gasteiger partial charge is 0.399 e. The van der Waals surface area contributed by atoms with Gasteiger partial charge in [-0.1, -0.05) is 26.0 Å². The van der Waals surface area contributed by atoms with Crippen LogP contribution >= 0.6 is 11.3 Å². The lowest BCUT2D eigenvalue weighted by Gasteiger charge is -2.27. The fraction of sp³-hybridized carbons (Fsp3) is 0.400. The lowest BCUT2D eigenvalue weighted by Crippen LogP contribution is -2.34. The van der Waals surface area contributed by atoms with Crippen molar-refractivity contribution in [2.24, 2.45) is 0 Å². The fourth-order valence-corrected chi connectivity index (χ4v) is 2.65. The first-order valence-corrected chi connectivity index (χ1v) is 7.36. The smallest absolute Gasteiger partial charge is 0.109 e. The predicted molar refractivity (Wildman–Crippen MR) is 82.4 cm³/mol. The van der Waals surface area contributed by atoms with Crippen molar-refractivity contribution in [2.45, 2.75) is 32.2 Å². The summed E-state index contributed by atoms with van der Waals surface area (Å²) in [6, 6.07) is 8.41. The Labute approximate surface area is 118 Å². The van der Waals surface area contributed by atoms with E-state index < -0.39 is 0 Å². The van der Waals surface area contributed by atoms with Crippen molar-refractivity contribution in [3.05, 3.63) is 46.4 Å². The third kappa shape index (κ3) is 3.55. The van der Waals surface area contributed by atoms with Gasteiger partial charge in [0.1, 0.15) is 5.01 Å². The van der Waals surface area contributed by atoms with Crippen LogP contribution < -0.4 is 11.1 Å². The summed E-state index contributed by atoms with van der Waals surface area (Å²) >= 11 is 1.69. The highest BCUT2D eigenvalue weighted by Crippen LogP contribution is 2.24. The number of nitrogen functional groups attached to an aromatic ring is 1. The average Bonchev–Trinajstić information content (AvgIpc) is 2.90.